The Kier molecular flexibility index (Phi) is 3.11. The lowest BCUT2D eigenvalue weighted by Crippen LogP contribution is -2.62. The van der Waals surface area contributed by atoms with E-state index in [9.17, 15) is 9.59 Å². The van der Waals surface area contributed by atoms with E-state index in [0.29, 0.717) is 11.3 Å². The molecule has 106 valence electrons. The molecule has 0 bridgehead atoms. The average molecular weight is 280 g/mol. The summed E-state index contributed by atoms with van der Waals surface area (Å²) >= 11 is 0. The first-order valence-electron chi connectivity index (χ1n) is 6.82. The zero-order chi connectivity index (χ0) is 15.0. The van der Waals surface area contributed by atoms with Gasteiger partial charge < -0.3 is 5.32 Å². The van der Waals surface area contributed by atoms with Gasteiger partial charge in [0.2, 0.25) is 0 Å². The lowest BCUT2D eigenvalue weighted by atomic mass is 9.84. The van der Waals surface area contributed by atoms with Crippen LogP contribution in [0.25, 0.3) is 0 Å². The fraction of sp³-hybridized carbons (Fsp3) is 0.176. The zero-order valence-corrected chi connectivity index (χ0v) is 12.0. The van der Waals surface area contributed by atoms with E-state index in [1.807, 2.05) is 42.5 Å². The number of carbonyl (C=O) groups excluding carboxylic acids is 2. The number of benzene rings is 2. The molecule has 0 fully saturated rings. The maximum Gasteiger partial charge on any atom is 0.259 e. The SMILES string of the molecule is CNC1(C)C(=O)c2ccccc2N(c2ccccc2)C1=O. The summed E-state index contributed by atoms with van der Waals surface area (Å²) < 4.78 is 0. The highest BCUT2D eigenvalue weighted by Gasteiger charge is 2.48. The first kappa shape index (κ1) is 13.5. The Labute approximate surface area is 123 Å². The predicted molar refractivity (Wildman–Crippen MR) is 81.8 cm³/mol. The fourth-order valence-electron chi connectivity index (χ4n) is 2.61. The van der Waals surface area contributed by atoms with Crippen molar-refractivity contribution in [2.45, 2.75) is 12.5 Å². The first-order valence-corrected chi connectivity index (χ1v) is 6.82. The van der Waals surface area contributed by atoms with E-state index in [4.69, 9.17) is 0 Å². The maximum atomic E-state index is 12.9. The highest BCUT2D eigenvalue weighted by molar-refractivity contribution is 6.29. The molecule has 0 aliphatic carbocycles. The van der Waals surface area contributed by atoms with E-state index >= 15 is 0 Å². The highest BCUT2D eigenvalue weighted by Crippen LogP contribution is 2.37. The number of likely N-dealkylation sites (N-methyl/N-ethyl adjacent to an activating group) is 1. The van der Waals surface area contributed by atoms with Gasteiger partial charge in [-0.25, -0.2) is 0 Å². The minimum Gasteiger partial charge on any atom is -0.300 e. The van der Waals surface area contributed by atoms with E-state index in [0.717, 1.165) is 5.69 Å². The number of fused-ring (bicyclic) bond motifs is 1. The van der Waals surface area contributed by atoms with Crippen molar-refractivity contribution in [1.29, 1.82) is 0 Å². The minimum absolute atomic E-state index is 0.196. The number of Topliss-reactive ketones (excluding diaryl/α,β-unsaturated/α-hetero) is 1. The van der Waals surface area contributed by atoms with Crippen LogP contribution in [0.1, 0.15) is 17.3 Å². The van der Waals surface area contributed by atoms with Crippen LogP contribution in [0.15, 0.2) is 54.6 Å². The number of rotatable bonds is 2. The molecule has 1 amide bonds. The van der Waals surface area contributed by atoms with Gasteiger partial charge in [0.05, 0.1) is 5.69 Å². The minimum atomic E-state index is -1.25. The maximum absolute atomic E-state index is 12.9. The Morgan fingerprint density at radius 3 is 2.24 bits per heavy atom. The molecule has 2 aromatic rings. The quantitative estimate of drug-likeness (QED) is 0.860. The standard InChI is InChI=1S/C17H16N2O2/c1-17(18-2)15(20)13-10-6-7-11-14(13)19(16(17)21)12-8-4-3-5-9-12/h3-11,18H,1-2H3. The summed E-state index contributed by atoms with van der Waals surface area (Å²) in [6.45, 7) is 1.63. The van der Waals surface area contributed by atoms with Gasteiger partial charge in [-0.15, -0.1) is 0 Å². The molecule has 1 atom stereocenters. The summed E-state index contributed by atoms with van der Waals surface area (Å²) in [4.78, 5) is 27.1. The number of hydrogen-bond donors (Lipinski definition) is 1. The number of nitrogens with one attached hydrogen (secondary N) is 1. The van der Waals surface area contributed by atoms with Crippen molar-refractivity contribution in [2.75, 3.05) is 11.9 Å². The Balaban J connectivity index is 2.26. The van der Waals surface area contributed by atoms with Gasteiger partial charge >= 0.3 is 0 Å². The van der Waals surface area contributed by atoms with Gasteiger partial charge in [0.25, 0.3) is 5.91 Å². The molecule has 1 aliphatic heterocycles. The van der Waals surface area contributed by atoms with Crippen LogP contribution in [-0.2, 0) is 4.79 Å². The number of nitrogens with zero attached hydrogens (tertiary/aromatic N) is 1. The van der Waals surface area contributed by atoms with Gasteiger partial charge in [0, 0.05) is 11.3 Å². The average Bonchev–Trinajstić information content (AvgIpc) is 2.54. The first-order chi connectivity index (χ1) is 10.1. The molecule has 1 unspecified atom stereocenters. The third-order valence-corrected chi connectivity index (χ3v) is 3.99. The normalized spacial score (nSPS) is 21.3. The lowest BCUT2D eigenvalue weighted by molar-refractivity contribution is -0.122. The summed E-state index contributed by atoms with van der Waals surface area (Å²) in [6, 6.07) is 16.6. The van der Waals surface area contributed by atoms with Crippen LogP contribution < -0.4 is 10.2 Å². The Morgan fingerprint density at radius 1 is 0.952 bits per heavy atom. The highest BCUT2D eigenvalue weighted by atomic mass is 16.2. The van der Waals surface area contributed by atoms with E-state index in [1.165, 1.54) is 0 Å². The number of carbonyl (C=O) groups is 2. The van der Waals surface area contributed by atoms with Crippen LogP contribution >= 0.6 is 0 Å². The number of anilines is 2. The lowest BCUT2D eigenvalue weighted by Gasteiger charge is -2.39. The fourth-order valence-corrected chi connectivity index (χ4v) is 2.61. The summed E-state index contributed by atoms with van der Waals surface area (Å²) in [5.41, 5.74) is 0.692. The molecule has 0 saturated heterocycles. The Hall–Kier alpha value is -2.46. The second kappa shape index (κ2) is 4.82. The second-order valence-corrected chi connectivity index (χ2v) is 5.20. The molecule has 0 saturated carbocycles. The number of ketones is 1. The summed E-state index contributed by atoms with van der Waals surface area (Å²) in [5, 5.41) is 2.88. The van der Waals surface area contributed by atoms with Crippen molar-refractivity contribution >= 4 is 23.1 Å². The van der Waals surface area contributed by atoms with Crippen molar-refractivity contribution in [3.05, 3.63) is 60.2 Å². The zero-order valence-electron chi connectivity index (χ0n) is 12.0. The van der Waals surface area contributed by atoms with Crippen LogP contribution in [-0.4, -0.2) is 24.3 Å². The van der Waals surface area contributed by atoms with Gasteiger partial charge in [-0.05, 0) is 38.2 Å². The molecule has 0 radical (unpaired) electrons. The molecule has 0 aromatic heterocycles. The third kappa shape index (κ3) is 1.87. The molecule has 21 heavy (non-hydrogen) atoms. The number of para-hydroxylation sites is 2. The van der Waals surface area contributed by atoms with Gasteiger partial charge in [-0.3, -0.25) is 14.5 Å². The van der Waals surface area contributed by atoms with E-state index in [2.05, 4.69) is 5.32 Å². The van der Waals surface area contributed by atoms with Crippen LogP contribution in [0.2, 0.25) is 0 Å². The van der Waals surface area contributed by atoms with Crippen LogP contribution in [0.5, 0.6) is 0 Å². The Bertz CT molecular complexity index is 712. The summed E-state index contributed by atoms with van der Waals surface area (Å²) in [6.07, 6.45) is 0. The molecule has 1 heterocycles. The second-order valence-electron chi connectivity index (χ2n) is 5.20. The molecule has 1 aliphatic rings. The van der Waals surface area contributed by atoms with E-state index in [-0.39, 0.29) is 11.7 Å². The monoisotopic (exact) mass is 280 g/mol. The van der Waals surface area contributed by atoms with Crippen molar-refractivity contribution in [3.8, 4) is 0 Å². The molecule has 1 N–H and O–H groups in total. The summed E-state index contributed by atoms with van der Waals surface area (Å²) in [7, 11) is 1.63. The van der Waals surface area contributed by atoms with Gasteiger partial charge in [0.15, 0.2) is 11.3 Å². The molecule has 4 heteroatoms. The van der Waals surface area contributed by atoms with Crippen molar-refractivity contribution in [1.82, 2.24) is 5.32 Å². The van der Waals surface area contributed by atoms with Crippen LogP contribution in [0, 0.1) is 0 Å². The molecular formula is C17H16N2O2. The van der Waals surface area contributed by atoms with Crippen molar-refractivity contribution in [3.63, 3.8) is 0 Å². The molecular weight excluding hydrogens is 264 g/mol. The van der Waals surface area contributed by atoms with E-state index < -0.39 is 5.54 Å². The number of hydrogen-bond acceptors (Lipinski definition) is 3. The Morgan fingerprint density at radius 2 is 1.57 bits per heavy atom. The van der Waals surface area contributed by atoms with Crippen molar-refractivity contribution < 1.29 is 9.59 Å². The number of amides is 1. The third-order valence-electron chi connectivity index (χ3n) is 3.99. The largest absolute Gasteiger partial charge is 0.300 e. The van der Waals surface area contributed by atoms with Gasteiger partial charge in [-0.1, -0.05) is 30.3 Å². The molecule has 3 rings (SSSR count). The smallest absolute Gasteiger partial charge is 0.259 e. The summed E-state index contributed by atoms with van der Waals surface area (Å²) in [5.74, 6) is -0.460. The molecule has 2 aromatic carbocycles. The van der Waals surface area contributed by atoms with Crippen molar-refractivity contribution in [2.24, 2.45) is 0 Å². The molecule has 4 nitrogen and oxygen atoms in total. The van der Waals surface area contributed by atoms with Gasteiger partial charge in [0.1, 0.15) is 0 Å². The van der Waals surface area contributed by atoms with E-state index in [1.54, 1.807) is 31.0 Å². The topological polar surface area (TPSA) is 49.4 Å². The van der Waals surface area contributed by atoms with Crippen LogP contribution in [0.4, 0.5) is 11.4 Å². The molecule has 0 spiro atoms. The van der Waals surface area contributed by atoms with Crippen LogP contribution in [0.3, 0.4) is 0 Å². The van der Waals surface area contributed by atoms with Gasteiger partial charge in [-0.2, -0.15) is 0 Å². The predicted octanol–water partition coefficient (Wildman–Crippen LogP) is 2.53.